The second-order valence-corrected chi connectivity index (χ2v) is 19.8. The summed E-state index contributed by atoms with van der Waals surface area (Å²) >= 11 is 0. The van der Waals surface area contributed by atoms with Crippen LogP contribution in [0.15, 0.2) is 48.1 Å². The summed E-state index contributed by atoms with van der Waals surface area (Å²) in [6.07, 6.45) is 12.0. The molecule has 7 nitrogen and oxygen atoms in total. The van der Waals surface area contributed by atoms with E-state index in [1.807, 2.05) is 0 Å². The molecule has 0 aromatic heterocycles. The van der Waals surface area contributed by atoms with Gasteiger partial charge >= 0.3 is 0 Å². The third-order valence-electron chi connectivity index (χ3n) is 16.1. The van der Waals surface area contributed by atoms with Crippen molar-refractivity contribution >= 4 is 29.2 Å². The maximum atomic E-state index is 14.5. The molecule has 7 unspecified atom stereocenters. The molecular weight excluding hydrogens is 653 g/mol. The molecule has 7 atom stereocenters. The zero-order chi connectivity index (χ0) is 37.7. The van der Waals surface area contributed by atoms with Crippen molar-refractivity contribution in [2.24, 2.45) is 55.7 Å². The Morgan fingerprint density at radius 2 is 1.44 bits per heavy atom. The molecule has 0 saturated heterocycles. The molecule has 5 fully saturated rings. The first-order valence-corrected chi connectivity index (χ1v) is 19.8. The summed E-state index contributed by atoms with van der Waals surface area (Å²) in [7, 11) is 0. The smallest absolute Gasteiger partial charge is 0.240 e. The zero-order valence-electron chi connectivity index (χ0n) is 32.5. The van der Waals surface area contributed by atoms with E-state index in [-0.39, 0.29) is 57.6 Å². The minimum Gasteiger partial charge on any atom is -0.354 e. The average Bonchev–Trinajstić information content (AvgIpc) is 3.89. The highest BCUT2D eigenvalue weighted by Crippen LogP contribution is 2.75. The van der Waals surface area contributed by atoms with Gasteiger partial charge in [-0.1, -0.05) is 66.7 Å². The van der Waals surface area contributed by atoms with Crippen LogP contribution in [-0.2, 0) is 19.2 Å². The predicted molar refractivity (Wildman–Crippen MR) is 201 cm³/mol. The largest absolute Gasteiger partial charge is 0.354 e. The van der Waals surface area contributed by atoms with Gasteiger partial charge in [0.1, 0.15) is 11.2 Å². The van der Waals surface area contributed by atoms with E-state index in [0.29, 0.717) is 36.9 Å². The molecule has 0 spiro atoms. The van der Waals surface area contributed by atoms with Crippen LogP contribution in [0, 0.1) is 61.5 Å². The number of anilines is 1. The first-order valence-electron chi connectivity index (χ1n) is 19.8. The van der Waals surface area contributed by atoms with E-state index in [4.69, 9.17) is 0 Å². The molecule has 6 aliphatic rings. The number of nitrogens with one attached hydrogen (secondary N) is 3. The number of ketones is 1. The maximum Gasteiger partial charge on any atom is 0.240 e. The van der Waals surface area contributed by atoms with Gasteiger partial charge in [0.05, 0.1) is 5.41 Å². The van der Waals surface area contributed by atoms with E-state index in [0.717, 1.165) is 63.4 Å². The van der Waals surface area contributed by atoms with Crippen molar-refractivity contribution in [3.63, 3.8) is 0 Å². The second-order valence-electron chi connectivity index (χ2n) is 19.8. The van der Waals surface area contributed by atoms with Crippen LogP contribution in [0.2, 0.25) is 0 Å². The van der Waals surface area contributed by atoms with Gasteiger partial charge in [-0.05, 0) is 140 Å². The lowest BCUT2D eigenvalue weighted by Gasteiger charge is -2.70. The molecule has 1 aromatic rings. The average molecular weight is 714 g/mol. The van der Waals surface area contributed by atoms with Crippen LogP contribution >= 0.6 is 0 Å². The number of allylic oxidation sites excluding steroid dienone is 3. The molecule has 5 saturated carbocycles. The van der Waals surface area contributed by atoms with Gasteiger partial charge in [-0.15, -0.1) is 0 Å². The molecule has 0 aliphatic heterocycles. The topological polar surface area (TPSA) is 104 Å². The molecule has 1 aromatic carbocycles. The number of amides is 3. The summed E-state index contributed by atoms with van der Waals surface area (Å²) in [4.78, 5) is 54.1. The highest BCUT2D eigenvalue weighted by Gasteiger charge is 2.69. The summed E-state index contributed by atoms with van der Waals surface area (Å²) in [5.41, 5.74) is 0.839. The number of Topliss-reactive ketones (excluding diaryl/α,β-unsaturated/α-hetero) is 1. The zero-order valence-corrected chi connectivity index (χ0v) is 32.5. The standard InChI is InChI=1S/C44H60FN3O4/c1-27-25-40(6)32(39(4,5)34(27)49)15-16-42(8)33(40)14-13-30-31-26-38(2,3)17-19-43(31,20-18-41(30,42)7)35(50)46-23-24-47-36(51)44(21-22-44)37(52)48-29-11-9-28(45)10-12-29/h9-13,31-33H,1,14-26H2,2-8H3,(H,46,50)(H,47,51)(H,48,52). The van der Waals surface area contributed by atoms with Crippen LogP contribution in [0.1, 0.15) is 119 Å². The van der Waals surface area contributed by atoms with E-state index in [1.54, 1.807) is 0 Å². The van der Waals surface area contributed by atoms with Gasteiger partial charge in [-0.2, -0.15) is 0 Å². The van der Waals surface area contributed by atoms with Crippen molar-refractivity contribution in [2.75, 3.05) is 18.4 Å². The van der Waals surface area contributed by atoms with E-state index in [2.05, 4.69) is 77.1 Å². The van der Waals surface area contributed by atoms with Crippen molar-refractivity contribution in [2.45, 2.75) is 119 Å². The van der Waals surface area contributed by atoms with Gasteiger partial charge < -0.3 is 16.0 Å². The van der Waals surface area contributed by atoms with E-state index in [1.165, 1.54) is 29.8 Å². The fraction of sp³-hybridized carbons (Fsp3) is 0.682. The Morgan fingerprint density at radius 3 is 2.10 bits per heavy atom. The second kappa shape index (κ2) is 12.1. The van der Waals surface area contributed by atoms with Crippen molar-refractivity contribution < 1.29 is 23.6 Å². The van der Waals surface area contributed by atoms with Crippen LogP contribution < -0.4 is 16.0 Å². The normalized spacial score (nSPS) is 37.9. The number of halogens is 1. The number of rotatable bonds is 7. The first-order chi connectivity index (χ1) is 24.3. The van der Waals surface area contributed by atoms with Crippen LogP contribution in [0.25, 0.3) is 0 Å². The quantitative estimate of drug-likeness (QED) is 0.114. The predicted octanol–water partition coefficient (Wildman–Crippen LogP) is 8.31. The number of fused-ring (bicyclic) bond motifs is 7. The Labute approximate surface area is 309 Å². The summed E-state index contributed by atoms with van der Waals surface area (Å²) in [5, 5.41) is 8.91. The van der Waals surface area contributed by atoms with Gasteiger partial charge in [-0.3, -0.25) is 19.2 Å². The molecule has 6 aliphatic carbocycles. The molecule has 7 rings (SSSR count). The third kappa shape index (κ3) is 5.38. The first kappa shape index (κ1) is 37.0. The Kier molecular flexibility index (Phi) is 8.63. The molecule has 3 amide bonds. The van der Waals surface area contributed by atoms with Gasteiger partial charge in [0.25, 0.3) is 0 Å². The molecular formula is C44H60FN3O4. The molecule has 3 N–H and O–H groups in total. The lowest BCUT2D eigenvalue weighted by Crippen LogP contribution is -2.65. The van der Waals surface area contributed by atoms with Crippen molar-refractivity contribution in [3.05, 3.63) is 53.9 Å². The minimum atomic E-state index is -1.13. The number of carbonyl (C=O) groups is 4. The van der Waals surface area contributed by atoms with E-state index in [9.17, 15) is 23.6 Å². The number of carbonyl (C=O) groups excluding carboxylic acids is 4. The minimum absolute atomic E-state index is 0.00457. The van der Waals surface area contributed by atoms with Gasteiger partial charge in [-0.25, -0.2) is 4.39 Å². The van der Waals surface area contributed by atoms with E-state index >= 15 is 0 Å². The van der Waals surface area contributed by atoms with Crippen LogP contribution in [0.5, 0.6) is 0 Å². The van der Waals surface area contributed by atoms with Crippen molar-refractivity contribution in [1.29, 1.82) is 0 Å². The lowest BCUT2D eigenvalue weighted by atomic mass is 9.33. The summed E-state index contributed by atoms with van der Waals surface area (Å²) < 4.78 is 13.3. The van der Waals surface area contributed by atoms with Crippen molar-refractivity contribution in [3.8, 4) is 0 Å². The molecule has 0 radical (unpaired) electrons. The van der Waals surface area contributed by atoms with E-state index < -0.39 is 22.1 Å². The number of benzene rings is 1. The van der Waals surface area contributed by atoms with Crippen molar-refractivity contribution in [1.82, 2.24) is 10.6 Å². The number of hydrogen-bond acceptors (Lipinski definition) is 4. The van der Waals surface area contributed by atoms with Crippen LogP contribution in [0.4, 0.5) is 10.1 Å². The molecule has 0 heterocycles. The Balaban J connectivity index is 1.07. The molecule has 282 valence electrons. The molecule has 8 heteroatoms. The number of hydrogen-bond donors (Lipinski definition) is 3. The lowest BCUT2D eigenvalue weighted by molar-refractivity contribution is -0.179. The highest BCUT2D eigenvalue weighted by molar-refractivity contribution is 6.13. The third-order valence-corrected chi connectivity index (χ3v) is 16.1. The Bertz CT molecular complexity index is 1740. The molecule has 52 heavy (non-hydrogen) atoms. The van der Waals surface area contributed by atoms with Crippen LogP contribution in [0.3, 0.4) is 0 Å². The van der Waals surface area contributed by atoms with Gasteiger partial charge in [0, 0.05) is 24.2 Å². The van der Waals surface area contributed by atoms with Gasteiger partial charge in [0.2, 0.25) is 17.7 Å². The summed E-state index contributed by atoms with van der Waals surface area (Å²) in [5.74, 6) is 0.134. The Hall–Kier alpha value is -3.29. The summed E-state index contributed by atoms with van der Waals surface area (Å²) in [6, 6.07) is 5.50. The fourth-order valence-electron chi connectivity index (χ4n) is 12.8. The summed E-state index contributed by atoms with van der Waals surface area (Å²) in [6.45, 7) is 21.3. The highest BCUT2D eigenvalue weighted by atomic mass is 19.1. The monoisotopic (exact) mass is 713 g/mol. The maximum absolute atomic E-state index is 14.5. The van der Waals surface area contributed by atoms with Gasteiger partial charge in [0.15, 0.2) is 5.78 Å². The fourth-order valence-corrected chi connectivity index (χ4v) is 12.8. The SMILES string of the molecule is C=C1CC2(C)C(CCC3(C)C2CC=C2C4CC(C)(C)CCC4(C(=O)NCCNC(=O)C4(C(=O)Nc5ccc(F)cc5)CC4)CCC23C)C(C)(C)C1=O. The Morgan fingerprint density at radius 1 is 0.808 bits per heavy atom. The molecule has 0 bridgehead atoms. The van der Waals surface area contributed by atoms with Crippen LogP contribution in [-0.4, -0.2) is 36.6 Å².